The molecule has 1 amide bonds. The Kier molecular flexibility index (Phi) is 6.65. The molecule has 3 aliphatic rings. The van der Waals surface area contributed by atoms with Gasteiger partial charge in [-0.15, -0.1) is 11.3 Å². The van der Waals surface area contributed by atoms with Gasteiger partial charge in [0.25, 0.3) is 0 Å². The van der Waals surface area contributed by atoms with E-state index < -0.39 is 0 Å². The van der Waals surface area contributed by atoms with Crippen molar-refractivity contribution in [2.75, 3.05) is 50.7 Å². The lowest BCUT2D eigenvalue weighted by Gasteiger charge is -2.40. The maximum absolute atomic E-state index is 13.2. The number of fused-ring (bicyclic) bond motifs is 1. The van der Waals surface area contributed by atoms with Gasteiger partial charge in [0.15, 0.2) is 0 Å². The van der Waals surface area contributed by atoms with E-state index >= 15 is 0 Å². The normalized spacial score (nSPS) is 22.1. The molecular formula is C25H37N5OS. The predicted molar refractivity (Wildman–Crippen MR) is 131 cm³/mol. The molecule has 5 rings (SSSR count). The molecule has 2 saturated heterocycles. The fraction of sp³-hybridized carbons (Fsp3) is 0.720. The molecule has 0 bridgehead atoms. The first-order chi connectivity index (χ1) is 15.6. The van der Waals surface area contributed by atoms with Crippen molar-refractivity contribution < 1.29 is 4.79 Å². The van der Waals surface area contributed by atoms with Gasteiger partial charge in [0.05, 0.1) is 5.39 Å². The molecule has 0 spiro atoms. The van der Waals surface area contributed by atoms with Gasteiger partial charge >= 0.3 is 0 Å². The van der Waals surface area contributed by atoms with Crippen LogP contribution in [-0.2, 0) is 4.79 Å². The minimum Gasteiger partial charge on any atom is -0.356 e. The third-order valence-electron chi connectivity index (χ3n) is 8.01. The average molecular weight is 456 g/mol. The fourth-order valence-corrected chi connectivity index (χ4v) is 6.88. The highest BCUT2D eigenvalue weighted by atomic mass is 32.1. The second kappa shape index (κ2) is 9.64. The lowest BCUT2D eigenvalue weighted by atomic mass is 9.89. The highest BCUT2D eigenvalue weighted by molar-refractivity contribution is 7.18. The summed E-state index contributed by atoms with van der Waals surface area (Å²) in [6, 6.07) is 0. The summed E-state index contributed by atoms with van der Waals surface area (Å²) in [5, 5.41) is 1.20. The number of thiophene rings is 1. The van der Waals surface area contributed by atoms with Gasteiger partial charge in [-0.1, -0.05) is 19.3 Å². The SMILES string of the molecule is Cc1sc2ncnc(N3CCC(C(=O)N4CCN(CC5CCCCC5)CC4)CC3)c2c1C. The summed E-state index contributed by atoms with van der Waals surface area (Å²) in [5.41, 5.74) is 1.30. The maximum atomic E-state index is 13.2. The minimum atomic E-state index is 0.166. The molecule has 7 heteroatoms. The molecule has 32 heavy (non-hydrogen) atoms. The van der Waals surface area contributed by atoms with Crippen LogP contribution < -0.4 is 4.90 Å². The molecule has 0 unspecified atom stereocenters. The van der Waals surface area contributed by atoms with Gasteiger partial charge in [0.2, 0.25) is 5.91 Å². The first-order valence-corrected chi connectivity index (χ1v) is 13.4. The Balaban J connectivity index is 1.14. The van der Waals surface area contributed by atoms with Crippen molar-refractivity contribution in [1.82, 2.24) is 19.8 Å². The first-order valence-electron chi connectivity index (χ1n) is 12.6. The third-order valence-corrected chi connectivity index (χ3v) is 9.13. The summed E-state index contributed by atoms with van der Waals surface area (Å²) >= 11 is 1.75. The first kappa shape index (κ1) is 22.1. The van der Waals surface area contributed by atoms with E-state index in [1.165, 1.54) is 54.5 Å². The smallest absolute Gasteiger partial charge is 0.225 e. The monoisotopic (exact) mass is 455 g/mol. The van der Waals surface area contributed by atoms with Crippen LogP contribution in [0.25, 0.3) is 10.2 Å². The lowest BCUT2D eigenvalue weighted by molar-refractivity contribution is -0.138. The second-order valence-electron chi connectivity index (χ2n) is 10.1. The van der Waals surface area contributed by atoms with Gasteiger partial charge in [-0.05, 0) is 51.0 Å². The van der Waals surface area contributed by atoms with Crippen LogP contribution in [0.5, 0.6) is 0 Å². The van der Waals surface area contributed by atoms with Crippen LogP contribution in [0, 0.1) is 25.7 Å². The van der Waals surface area contributed by atoms with Crippen LogP contribution in [0.15, 0.2) is 6.33 Å². The quantitative estimate of drug-likeness (QED) is 0.690. The van der Waals surface area contributed by atoms with Crippen molar-refractivity contribution in [2.45, 2.75) is 58.8 Å². The summed E-state index contributed by atoms with van der Waals surface area (Å²) in [7, 11) is 0. The zero-order chi connectivity index (χ0) is 22.1. The van der Waals surface area contributed by atoms with E-state index in [0.717, 1.165) is 68.7 Å². The van der Waals surface area contributed by atoms with Gasteiger partial charge in [0, 0.05) is 56.6 Å². The summed E-state index contributed by atoms with van der Waals surface area (Å²) in [4.78, 5) is 31.9. The number of anilines is 1. The van der Waals surface area contributed by atoms with Crippen molar-refractivity contribution in [3.8, 4) is 0 Å². The van der Waals surface area contributed by atoms with E-state index in [4.69, 9.17) is 0 Å². The molecule has 0 aromatic carbocycles. The van der Waals surface area contributed by atoms with Crippen LogP contribution in [0.4, 0.5) is 5.82 Å². The molecular weight excluding hydrogens is 418 g/mol. The Morgan fingerprint density at radius 2 is 1.69 bits per heavy atom. The zero-order valence-electron chi connectivity index (χ0n) is 19.7. The number of nitrogens with zero attached hydrogens (tertiary/aromatic N) is 5. The van der Waals surface area contributed by atoms with Crippen LogP contribution in [0.1, 0.15) is 55.4 Å². The molecule has 0 N–H and O–H groups in total. The van der Waals surface area contributed by atoms with Gasteiger partial charge < -0.3 is 9.80 Å². The van der Waals surface area contributed by atoms with Crippen LogP contribution >= 0.6 is 11.3 Å². The summed E-state index contributed by atoms with van der Waals surface area (Å²) in [6.07, 6.45) is 10.6. The Bertz CT molecular complexity index is 937. The topological polar surface area (TPSA) is 52.6 Å². The number of carbonyl (C=O) groups excluding carboxylic acids is 1. The van der Waals surface area contributed by atoms with Crippen LogP contribution in [-0.4, -0.2) is 71.5 Å². The Morgan fingerprint density at radius 3 is 2.41 bits per heavy atom. The summed E-state index contributed by atoms with van der Waals surface area (Å²) < 4.78 is 0. The third kappa shape index (κ3) is 4.51. The lowest BCUT2D eigenvalue weighted by Crippen LogP contribution is -2.52. The van der Waals surface area contributed by atoms with E-state index in [2.05, 4.69) is 38.5 Å². The second-order valence-corrected chi connectivity index (χ2v) is 11.3. The van der Waals surface area contributed by atoms with E-state index in [1.807, 2.05) is 0 Å². The molecule has 2 aliphatic heterocycles. The minimum absolute atomic E-state index is 0.166. The number of carbonyl (C=O) groups is 1. The largest absolute Gasteiger partial charge is 0.356 e. The molecule has 4 heterocycles. The van der Waals surface area contributed by atoms with E-state index in [0.29, 0.717) is 5.91 Å². The van der Waals surface area contributed by atoms with Crippen LogP contribution in [0.2, 0.25) is 0 Å². The number of piperidine rings is 1. The molecule has 6 nitrogen and oxygen atoms in total. The van der Waals surface area contributed by atoms with E-state index in [-0.39, 0.29) is 5.92 Å². The van der Waals surface area contributed by atoms with Crippen molar-refractivity contribution >= 4 is 33.3 Å². The number of aryl methyl sites for hydroxylation is 2. The molecule has 3 fully saturated rings. The molecule has 0 atom stereocenters. The molecule has 174 valence electrons. The highest BCUT2D eigenvalue weighted by Gasteiger charge is 2.32. The number of piperazine rings is 1. The molecule has 2 aromatic heterocycles. The Hall–Kier alpha value is -1.73. The molecule has 0 radical (unpaired) electrons. The standard InChI is InChI=1S/C25H37N5OS/c1-18-19(2)32-24-22(18)23(26-17-27-24)29-10-8-21(9-11-29)25(31)30-14-12-28(13-15-30)16-20-6-4-3-5-7-20/h17,20-21H,3-16H2,1-2H3. The Labute approximate surface area is 196 Å². The molecule has 1 saturated carbocycles. The van der Waals surface area contributed by atoms with Crippen molar-refractivity contribution in [3.63, 3.8) is 0 Å². The number of hydrogen-bond acceptors (Lipinski definition) is 6. The average Bonchev–Trinajstić information content (AvgIpc) is 3.13. The number of amides is 1. The highest BCUT2D eigenvalue weighted by Crippen LogP contribution is 2.36. The van der Waals surface area contributed by atoms with Crippen molar-refractivity contribution in [1.29, 1.82) is 0 Å². The summed E-state index contributed by atoms with van der Waals surface area (Å²) in [5.74, 6) is 2.49. The predicted octanol–water partition coefficient (Wildman–Crippen LogP) is 4.25. The van der Waals surface area contributed by atoms with E-state index in [1.54, 1.807) is 17.7 Å². The number of rotatable bonds is 4. The zero-order valence-corrected chi connectivity index (χ0v) is 20.5. The van der Waals surface area contributed by atoms with Gasteiger partial charge in [-0.25, -0.2) is 9.97 Å². The molecule has 2 aromatic rings. The number of aromatic nitrogens is 2. The molecule has 1 aliphatic carbocycles. The van der Waals surface area contributed by atoms with E-state index in [9.17, 15) is 4.79 Å². The Morgan fingerprint density at radius 1 is 0.969 bits per heavy atom. The van der Waals surface area contributed by atoms with Crippen molar-refractivity contribution in [3.05, 3.63) is 16.8 Å². The van der Waals surface area contributed by atoms with Gasteiger partial charge in [0.1, 0.15) is 17.0 Å². The fourth-order valence-electron chi connectivity index (χ4n) is 5.89. The van der Waals surface area contributed by atoms with Gasteiger partial charge in [-0.3, -0.25) is 9.69 Å². The van der Waals surface area contributed by atoms with Crippen LogP contribution in [0.3, 0.4) is 0 Å². The van der Waals surface area contributed by atoms with Crippen molar-refractivity contribution in [2.24, 2.45) is 11.8 Å². The van der Waals surface area contributed by atoms with Gasteiger partial charge in [-0.2, -0.15) is 0 Å². The number of hydrogen-bond donors (Lipinski definition) is 0. The summed E-state index contributed by atoms with van der Waals surface area (Å²) in [6.45, 7) is 11.3. The maximum Gasteiger partial charge on any atom is 0.225 e.